The number of halogens is 1. The average Bonchev–Trinajstić information content (AvgIpc) is 2.53. The van der Waals surface area contributed by atoms with Crippen molar-refractivity contribution in [1.29, 1.82) is 0 Å². The highest BCUT2D eigenvalue weighted by Crippen LogP contribution is 2.19. The van der Waals surface area contributed by atoms with Crippen molar-refractivity contribution in [2.24, 2.45) is 10.7 Å². The first-order chi connectivity index (χ1) is 10.3. The van der Waals surface area contributed by atoms with Crippen molar-refractivity contribution in [2.45, 2.75) is 12.3 Å². The van der Waals surface area contributed by atoms with Crippen LogP contribution in [0.2, 0.25) is 0 Å². The molecule has 0 saturated carbocycles. The lowest BCUT2D eigenvalue weighted by Gasteiger charge is -2.14. The number of hydrogen-bond acceptors (Lipinski definition) is 2. The summed E-state index contributed by atoms with van der Waals surface area (Å²) in [7, 11) is 0. The van der Waals surface area contributed by atoms with Crippen LogP contribution in [0.25, 0.3) is 0 Å². The van der Waals surface area contributed by atoms with Crippen molar-refractivity contribution >= 4 is 35.6 Å². The van der Waals surface area contributed by atoms with Crippen molar-refractivity contribution in [3.63, 3.8) is 0 Å². The maximum Gasteiger partial charge on any atom is 0.193 e. The van der Waals surface area contributed by atoms with Gasteiger partial charge in [-0.25, -0.2) is 0 Å². The highest BCUT2D eigenvalue weighted by atomic mass is 127. The zero-order chi connectivity index (χ0) is 14.9. The van der Waals surface area contributed by atoms with Crippen LogP contribution in [0.1, 0.15) is 17.9 Å². The molecule has 2 aromatic rings. The van der Waals surface area contributed by atoms with E-state index in [1.54, 1.807) is 0 Å². The monoisotopic (exact) mass is 411 g/mol. The van der Waals surface area contributed by atoms with Gasteiger partial charge in [-0.15, -0.1) is 24.0 Å². The highest BCUT2D eigenvalue weighted by Gasteiger charge is 2.10. The van der Waals surface area contributed by atoms with Crippen LogP contribution < -0.4 is 11.1 Å². The largest absolute Gasteiger partial charge is 0.396 e. The Balaban J connectivity index is 0.00000242. The van der Waals surface area contributed by atoms with Crippen LogP contribution in [0.4, 0.5) is 5.69 Å². The van der Waals surface area contributed by atoms with Gasteiger partial charge in [-0.1, -0.05) is 48.5 Å². The van der Waals surface area contributed by atoms with Gasteiger partial charge in [-0.3, -0.25) is 4.99 Å². The smallest absolute Gasteiger partial charge is 0.193 e. The third-order valence-electron chi connectivity index (χ3n) is 3.28. The fraction of sp³-hybridized carbons (Fsp3) is 0.235. The Morgan fingerprint density at radius 3 is 2.23 bits per heavy atom. The van der Waals surface area contributed by atoms with E-state index in [9.17, 15) is 5.11 Å². The molecule has 4 nitrogen and oxygen atoms in total. The summed E-state index contributed by atoms with van der Waals surface area (Å²) in [5, 5.41) is 12.3. The van der Waals surface area contributed by atoms with Gasteiger partial charge in [0, 0.05) is 24.8 Å². The molecule has 2 aromatic carbocycles. The SMILES string of the molecule is I.NC(=NCC(CCO)c1ccccc1)Nc1ccccc1. The number of nitrogens with one attached hydrogen (secondary N) is 1. The Labute approximate surface area is 148 Å². The molecule has 0 radical (unpaired) electrons. The molecule has 0 amide bonds. The molecule has 1 atom stereocenters. The van der Waals surface area contributed by atoms with Crippen molar-refractivity contribution in [1.82, 2.24) is 0 Å². The van der Waals surface area contributed by atoms with Gasteiger partial charge in [0.05, 0.1) is 0 Å². The van der Waals surface area contributed by atoms with E-state index in [1.165, 1.54) is 5.56 Å². The first-order valence-electron chi connectivity index (χ1n) is 7.07. The molecule has 22 heavy (non-hydrogen) atoms. The summed E-state index contributed by atoms with van der Waals surface area (Å²) in [5.41, 5.74) is 7.99. The number of rotatable bonds is 6. The Morgan fingerprint density at radius 1 is 1.05 bits per heavy atom. The predicted molar refractivity (Wildman–Crippen MR) is 103 cm³/mol. The van der Waals surface area contributed by atoms with E-state index >= 15 is 0 Å². The number of para-hydroxylation sites is 1. The van der Waals surface area contributed by atoms with Crippen molar-refractivity contribution in [2.75, 3.05) is 18.5 Å². The molecular formula is C17H22IN3O. The number of hydrogen-bond donors (Lipinski definition) is 3. The summed E-state index contributed by atoms with van der Waals surface area (Å²) in [4.78, 5) is 4.39. The van der Waals surface area contributed by atoms with E-state index in [2.05, 4.69) is 22.4 Å². The Bertz CT molecular complexity index is 561. The minimum absolute atomic E-state index is 0. The van der Waals surface area contributed by atoms with E-state index in [4.69, 9.17) is 5.73 Å². The molecule has 0 bridgehead atoms. The molecule has 0 saturated heterocycles. The molecule has 0 aromatic heterocycles. The fourth-order valence-electron chi connectivity index (χ4n) is 2.16. The number of aliphatic imine (C=N–C) groups is 1. The summed E-state index contributed by atoms with van der Waals surface area (Å²) in [6.45, 7) is 0.692. The number of guanidine groups is 1. The maximum absolute atomic E-state index is 9.20. The van der Waals surface area contributed by atoms with Crippen LogP contribution in [0.5, 0.6) is 0 Å². The molecular weight excluding hydrogens is 389 g/mol. The Kier molecular flexibility index (Phi) is 8.54. The summed E-state index contributed by atoms with van der Waals surface area (Å²) < 4.78 is 0. The van der Waals surface area contributed by atoms with Crippen LogP contribution in [-0.2, 0) is 0 Å². The van der Waals surface area contributed by atoms with Crippen LogP contribution >= 0.6 is 24.0 Å². The number of anilines is 1. The molecule has 2 rings (SSSR count). The summed E-state index contributed by atoms with van der Waals surface area (Å²) >= 11 is 0. The molecule has 0 aliphatic rings. The van der Waals surface area contributed by atoms with Gasteiger partial charge in [0.25, 0.3) is 0 Å². The summed E-state index contributed by atoms with van der Waals surface area (Å²) in [6, 6.07) is 19.8. The lowest BCUT2D eigenvalue weighted by molar-refractivity contribution is 0.276. The van der Waals surface area contributed by atoms with Crippen molar-refractivity contribution < 1.29 is 5.11 Å². The van der Waals surface area contributed by atoms with Crippen LogP contribution in [0.15, 0.2) is 65.7 Å². The zero-order valence-corrected chi connectivity index (χ0v) is 14.7. The van der Waals surface area contributed by atoms with Crippen molar-refractivity contribution in [3.05, 3.63) is 66.2 Å². The number of benzene rings is 2. The molecule has 0 fully saturated rings. The fourth-order valence-corrected chi connectivity index (χ4v) is 2.16. The van der Waals surface area contributed by atoms with Crippen LogP contribution in [0.3, 0.4) is 0 Å². The molecule has 0 heterocycles. The number of aliphatic hydroxyl groups excluding tert-OH is 1. The second kappa shape index (κ2) is 10.2. The third-order valence-corrected chi connectivity index (χ3v) is 3.28. The van der Waals surface area contributed by atoms with E-state index < -0.39 is 0 Å². The van der Waals surface area contributed by atoms with Crippen LogP contribution in [0, 0.1) is 0 Å². The number of nitrogens with zero attached hydrogens (tertiary/aromatic N) is 1. The second-order valence-electron chi connectivity index (χ2n) is 4.84. The van der Waals surface area contributed by atoms with E-state index in [1.807, 2.05) is 48.5 Å². The van der Waals surface area contributed by atoms with Gasteiger partial charge < -0.3 is 16.2 Å². The molecule has 0 aliphatic carbocycles. The van der Waals surface area contributed by atoms with Gasteiger partial charge in [-0.05, 0) is 24.1 Å². The Morgan fingerprint density at radius 2 is 1.64 bits per heavy atom. The van der Waals surface area contributed by atoms with Gasteiger partial charge in [0.15, 0.2) is 5.96 Å². The topological polar surface area (TPSA) is 70.6 Å². The molecule has 0 aliphatic heterocycles. The third kappa shape index (κ3) is 6.03. The van der Waals surface area contributed by atoms with Gasteiger partial charge in [0.2, 0.25) is 0 Å². The van der Waals surface area contributed by atoms with Gasteiger partial charge >= 0.3 is 0 Å². The van der Waals surface area contributed by atoms with E-state index in [0.29, 0.717) is 18.9 Å². The molecule has 1 unspecified atom stereocenters. The highest BCUT2D eigenvalue weighted by molar-refractivity contribution is 14.0. The van der Waals surface area contributed by atoms with E-state index in [0.717, 1.165) is 5.69 Å². The zero-order valence-electron chi connectivity index (χ0n) is 12.4. The predicted octanol–water partition coefficient (Wildman–Crippen LogP) is 3.20. The molecule has 5 heteroatoms. The Hall–Kier alpha value is -1.60. The molecule has 0 spiro atoms. The lowest BCUT2D eigenvalue weighted by Crippen LogP contribution is -2.23. The number of aliphatic hydroxyl groups is 1. The first kappa shape index (κ1) is 18.4. The minimum Gasteiger partial charge on any atom is -0.396 e. The first-order valence-corrected chi connectivity index (χ1v) is 7.07. The average molecular weight is 411 g/mol. The van der Waals surface area contributed by atoms with Crippen molar-refractivity contribution in [3.8, 4) is 0 Å². The quantitative estimate of drug-likeness (QED) is 0.389. The molecule has 118 valence electrons. The standard InChI is InChI=1S/C17H21N3O.HI/c18-17(20-16-9-5-2-6-10-16)19-13-15(11-12-21)14-7-3-1-4-8-14;/h1-10,15,21H,11-13H2,(H3,18,19,20);1H. The summed E-state index contributed by atoms with van der Waals surface area (Å²) in [5.74, 6) is 0.562. The lowest BCUT2D eigenvalue weighted by atomic mass is 9.96. The summed E-state index contributed by atoms with van der Waals surface area (Å²) in [6.07, 6.45) is 0.673. The van der Waals surface area contributed by atoms with E-state index in [-0.39, 0.29) is 36.5 Å². The minimum atomic E-state index is 0. The van der Waals surface area contributed by atoms with Crippen LogP contribution in [-0.4, -0.2) is 24.2 Å². The number of nitrogens with two attached hydrogens (primary N) is 1. The van der Waals surface area contributed by atoms with Gasteiger partial charge in [0.1, 0.15) is 0 Å². The maximum atomic E-state index is 9.20. The van der Waals surface area contributed by atoms with Gasteiger partial charge in [-0.2, -0.15) is 0 Å². The molecule has 4 N–H and O–H groups in total. The normalized spacial score (nSPS) is 12.3. The second-order valence-corrected chi connectivity index (χ2v) is 4.84.